The lowest BCUT2D eigenvalue weighted by Gasteiger charge is -2.14. The first-order chi connectivity index (χ1) is 6.26. The highest BCUT2D eigenvalue weighted by atomic mass is 16.2. The van der Waals surface area contributed by atoms with Crippen molar-refractivity contribution in [3.8, 4) is 0 Å². The predicted octanol–water partition coefficient (Wildman–Crippen LogP) is 0.0983. The van der Waals surface area contributed by atoms with Gasteiger partial charge in [-0.2, -0.15) is 0 Å². The van der Waals surface area contributed by atoms with Crippen LogP contribution in [-0.4, -0.2) is 30.4 Å². The molecule has 1 atom stereocenters. The molecule has 13 heavy (non-hydrogen) atoms. The van der Waals surface area contributed by atoms with E-state index in [1.807, 2.05) is 0 Å². The van der Waals surface area contributed by atoms with Crippen LogP contribution in [0, 0.1) is 5.92 Å². The van der Waals surface area contributed by atoms with Crippen LogP contribution in [0.1, 0.15) is 26.2 Å². The lowest BCUT2D eigenvalue weighted by Crippen LogP contribution is -2.33. The minimum atomic E-state index is -0.0695. The third kappa shape index (κ3) is 3.32. The fourth-order valence-corrected chi connectivity index (χ4v) is 1.78. The zero-order valence-corrected chi connectivity index (χ0v) is 8.25. The van der Waals surface area contributed by atoms with Gasteiger partial charge in [-0.1, -0.05) is 13.3 Å². The van der Waals surface area contributed by atoms with Gasteiger partial charge in [0.2, 0.25) is 5.91 Å². The second-order valence-corrected chi connectivity index (χ2v) is 3.68. The van der Waals surface area contributed by atoms with Crippen LogP contribution in [-0.2, 0) is 4.79 Å². The van der Waals surface area contributed by atoms with Crippen molar-refractivity contribution in [2.24, 2.45) is 11.8 Å². The summed E-state index contributed by atoms with van der Waals surface area (Å²) in [6, 6.07) is 0. The number of hydrazine groups is 1. The SMILES string of the molecule is CCC1CCN(CCC(=O)NN)C1. The first-order valence-electron chi connectivity index (χ1n) is 4.98. The number of hydrogen-bond acceptors (Lipinski definition) is 3. The van der Waals surface area contributed by atoms with Crippen molar-refractivity contribution in [1.82, 2.24) is 10.3 Å². The quantitative estimate of drug-likeness (QED) is 0.371. The molecule has 1 aliphatic heterocycles. The molecule has 1 saturated heterocycles. The highest BCUT2D eigenvalue weighted by molar-refractivity contribution is 5.75. The Hall–Kier alpha value is -0.610. The summed E-state index contributed by atoms with van der Waals surface area (Å²) in [6.45, 7) is 5.35. The fourth-order valence-electron chi connectivity index (χ4n) is 1.78. The Bertz CT molecular complexity index is 172. The zero-order chi connectivity index (χ0) is 9.68. The lowest BCUT2D eigenvalue weighted by molar-refractivity contribution is -0.121. The van der Waals surface area contributed by atoms with Crippen LogP contribution in [0.5, 0.6) is 0 Å². The Morgan fingerprint density at radius 2 is 2.46 bits per heavy atom. The normalized spacial score (nSPS) is 23.4. The van der Waals surface area contributed by atoms with E-state index in [-0.39, 0.29) is 5.91 Å². The Balaban J connectivity index is 2.13. The van der Waals surface area contributed by atoms with E-state index in [9.17, 15) is 4.79 Å². The molecule has 4 nitrogen and oxygen atoms in total. The molecule has 1 heterocycles. The molecule has 1 fully saturated rings. The molecule has 1 unspecified atom stereocenters. The van der Waals surface area contributed by atoms with Gasteiger partial charge in [0.1, 0.15) is 0 Å². The van der Waals surface area contributed by atoms with Crippen LogP contribution in [0.3, 0.4) is 0 Å². The Morgan fingerprint density at radius 1 is 1.69 bits per heavy atom. The van der Waals surface area contributed by atoms with Gasteiger partial charge in [-0.15, -0.1) is 0 Å². The molecule has 1 aliphatic rings. The fraction of sp³-hybridized carbons (Fsp3) is 0.889. The van der Waals surface area contributed by atoms with Gasteiger partial charge in [-0.3, -0.25) is 10.2 Å². The monoisotopic (exact) mass is 185 g/mol. The maximum absolute atomic E-state index is 10.9. The van der Waals surface area contributed by atoms with Crippen molar-refractivity contribution in [1.29, 1.82) is 0 Å². The van der Waals surface area contributed by atoms with Crippen LogP contribution in [0.15, 0.2) is 0 Å². The first-order valence-corrected chi connectivity index (χ1v) is 4.98. The highest BCUT2D eigenvalue weighted by Gasteiger charge is 2.20. The van der Waals surface area contributed by atoms with E-state index < -0.39 is 0 Å². The summed E-state index contributed by atoms with van der Waals surface area (Å²) < 4.78 is 0. The van der Waals surface area contributed by atoms with E-state index in [2.05, 4.69) is 17.2 Å². The third-order valence-corrected chi connectivity index (χ3v) is 2.76. The molecular formula is C9H19N3O. The molecular weight excluding hydrogens is 166 g/mol. The van der Waals surface area contributed by atoms with Crippen LogP contribution in [0.4, 0.5) is 0 Å². The minimum Gasteiger partial charge on any atom is -0.303 e. The van der Waals surface area contributed by atoms with Crippen LogP contribution < -0.4 is 11.3 Å². The van der Waals surface area contributed by atoms with E-state index in [1.165, 1.54) is 12.8 Å². The van der Waals surface area contributed by atoms with Crippen molar-refractivity contribution in [2.45, 2.75) is 26.2 Å². The summed E-state index contributed by atoms with van der Waals surface area (Å²) in [6.07, 6.45) is 3.05. The number of hydrogen-bond donors (Lipinski definition) is 2. The summed E-state index contributed by atoms with van der Waals surface area (Å²) >= 11 is 0. The second-order valence-electron chi connectivity index (χ2n) is 3.68. The van der Waals surface area contributed by atoms with Crippen molar-refractivity contribution in [3.05, 3.63) is 0 Å². The Kier molecular flexibility index (Phi) is 4.18. The van der Waals surface area contributed by atoms with Crippen LogP contribution in [0.25, 0.3) is 0 Å². The van der Waals surface area contributed by atoms with E-state index in [0.717, 1.165) is 25.6 Å². The molecule has 3 N–H and O–H groups in total. The lowest BCUT2D eigenvalue weighted by atomic mass is 10.1. The van der Waals surface area contributed by atoms with E-state index in [0.29, 0.717) is 6.42 Å². The molecule has 0 saturated carbocycles. The number of nitrogens with zero attached hydrogens (tertiary/aromatic N) is 1. The average Bonchev–Trinajstić information content (AvgIpc) is 2.61. The number of carbonyl (C=O) groups is 1. The van der Waals surface area contributed by atoms with E-state index in [1.54, 1.807) is 0 Å². The number of rotatable bonds is 4. The summed E-state index contributed by atoms with van der Waals surface area (Å²) in [5, 5.41) is 0. The van der Waals surface area contributed by atoms with E-state index in [4.69, 9.17) is 5.84 Å². The van der Waals surface area contributed by atoms with Gasteiger partial charge in [0.25, 0.3) is 0 Å². The molecule has 0 bridgehead atoms. The third-order valence-electron chi connectivity index (χ3n) is 2.76. The Labute approximate surface area is 79.4 Å². The van der Waals surface area contributed by atoms with Crippen molar-refractivity contribution >= 4 is 5.91 Å². The number of amides is 1. The number of nitrogens with two attached hydrogens (primary N) is 1. The van der Waals surface area contributed by atoms with Gasteiger partial charge in [0.15, 0.2) is 0 Å². The van der Waals surface area contributed by atoms with Gasteiger partial charge in [0, 0.05) is 19.5 Å². The molecule has 0 aromatic carbocycles. The molecule has 1 amide bonds. The van der Waals surface area contributed by atoms with Gasteiger partial charge in [0.05, 0.1) is 0 Å². The second kappa shape index (κ2) is 5.19. The smallest absolute Gasteiger partial charge is 0.235 e. The molecule has 0 radical (unpaired) electrons. The highest BCUT2D eigenvalue weighted by Crippen LogP contribution is 2.18. The van der Waals surface area contributed by atoms with Gasteiger partial charge in [-0.05, 0) is 18.9 Å². The molecule has 0 aromatic rings. The van der Waals surface area contributed by atoms with Crippen molar-refractivity contribution in [2.75, 3.05) is 19.6 Å². The summed E-state index contributed by atoms with van der Waals surface area (Å²) in [5.74, 6) is 5.76. The van der Waals surface area contributed by atoms with Crippen LogP contribution in [0.2, 0.25) is 0 Å². The number of carbonyl (C=O) groups excluding carboxylic acids is 1. The zero-order valence-electron chi connectivity index (χ0n) is 8.25. The average molecular weight is 185 g/mol. The molecule has 0 aliphatic carbocycles. The maximum Gasteiger partial charge on any atom is 0.235 e. The topological polar surface area (TPSA) is 58.4 Å². The molecule has 1 rings (SSSR count). The van der Waals surface area contributed by atoms with Crippen LogP contribution >= 0.6 is 0 Å². The predicted molar refractivity (Wildman–Crippen MR) is 51.8 cm³/mol. The number of likely N-dealkylation sites (tertiary alicyclic amines) is 1. The standard InChI is InChI=1S/C9H19N3O/c1-2-8-3-5-12(7-8)6-4-9(13)11-10/h8H,2-7,10H2,1H3,(H,11,13). The summed E-state index contributed by atoms with van der Waals surface area (Å²) in [5.41, 5.74) is 2.15. The number of nitrogens with one attached hydrogen (secondary N) is 1. The first kappa shape index (κ1) is 10.5. The largest absolute Gasteiger partial charge is 0.303 e. The summed E-state index contributed by atoms with van der Waals surface area (Å²) in [4.78, 5) is 13.2. The van der Waals surface area contributed by atoms with E-state index >= 15 is 0 Å². The molecule has 0 spiro atoms. The molecule has 0 aromatic heterocycles. The van der Waals surface area contributed by atoms with Crippen molar-refractivity contribution < 1.29 is 4.79 Å². The van der Waals surface area contributed by atoms with Gasteiger partial charge in [-0.25, -0.2) is 5.84 Å². The minimum absolute atomic E-state index is 0.0695. The van der Waals surface area contributed by atoms with Gasteiger partial charge >= 0.3 is 0 Å². The van der Waals surface area contributed by atoms with Crippen molar-refractivity contribution in [3.63, 3.8) is 0 Å². The Morgan fingerprint density at radius 3 is 3.00 bits per heavy atom. The maximum atomic E-state index is 10.9. The molecule has 76 valence electrons. The summed E-state index contributed by atoms with van der Waals surface area (Å²) in [7, 11) is 0. The molecule has 4 heteroatoms. The van der Waals surface area contributed by atoms with Gasteiger partial charge < -0.3 is 4.90 Å².